The van der Waals surface area contributed by atoms with Gasteiger partial charge in [-0.1, -0.05) is 12.1 Å². The van der Waals surface area contributed by atoms with Crippen molar-refractivity contribution >= 4 is 5.97 Å². The molecular formula is C12H11NO4. The van der Waals surface area contributed by atoms with Gasteiger partial charge in [0.1, 0.15) is 12.0 Å². The molecule has 17 heavy (non-hydrogen) atoms. The minimum atomic E-state index is -1.12. The van der Waals surface area contributed by atoms with Crippen molar-refractivity contribution in [2.24, 2.45) is 0 Å². The number of ether oxygens (including phenoxy) is 1. The number of carboxylic acids is 1. The highest BCUT2D eigenvalue weighted by molar-refractivity contribution is 5.84. The van der Waals surface area contributed by atoms with Gasteiger partial charge in [-0.2, -0.15) is 0 Å². The van der Waals surface area contributed by atoms with E-state index in [1.54, 1.807) is 0 Å². The number of carbonyl (C=O) groups is 1. The molecule has 0 radical (unpaired) electrons. The number of benzene rings is 1. The van der Waals surface area contributed by atoms with E-state index in [9.17, 15) is 4.79 Å². The molecule has 0 atom stereocenters. The second-order valence-corrected chi connectivity index (χ2v) is 3.54. The van der Waals surface area contributed by atoms with Crippen LogP contribution in [0.3, 0.4) is 0 Å². The van der Waals surface area contributed by atoms with Crippen LogP contribution in [0.4, 0.5) is 0 Å². The number of aromatic nitrogens is 1. The summed E-state index contributed by atoms with van der Waals surface area (Å²) in [5.74, 6) is -0.181. The Balaban J connectivity index is 2.00. The van der Waals surface area contributed by atoms with Crippen molar-refractivity contribution < 1.29 is 19.1 Å². The molecular weight excluding hydrogens is 222 g/mol. The van der Waals surface area contributed by atoms with Gasteiger partial charge in [-0.15, -0.1) is 0 Å². The highest BCUT2D eigenvalue weighted by Crippen LogP contribution is 2.14. The average Bonchev–Trinajstić information content (AvgIpc) is 2.75. The van der Waals surface area contributed by atoms with Gasteiger partial charge in [-0.25, -0.2) is 9.78 Å². The van der Waals surface area contributed by atoms with Crippen LogP contribution in [0.15, 0.2) is 34.9 Å². The van der Waals surface area contributed by atoms with Gasteiger partial charge in [0.15, 0.2) is 12.3 Å². The minimum Gasteiger partial charge on any atom is -0.484 e. The molecule has 0 unspecified atom stereocenters. The summed E-state index contributed by atoms with van der Waals surface area (Å²) < 4.78 is 10.4. The summed E-state index contributed by atoms with van der Waals surface area (Å²) in [4.78, 5) is 14.3. The Morgan fingerprint density at radius 3 is 3.00 bits per heavy atom. The Labute approximate surface area is 97.7 Å². The van der Waals surface area contributed by atoms with Crippen LogP contribution in [0.2, 0.25) is 0 Å². The molecule has 1 aromatic heterocycles. The van der Waals surface area contributed by atoms with E-state index in [1.165, 1.54) is 0 Å². The smallest absolute Gasteiger partial charge is 0.357 e. The molecule has 0 amide bonds. The molecule has 5 heteroatoms. The highest BCUT2D eigenvalue weighted by atomic mass is 16.5. The minimum absolute atomic E-state index is 0.108. The molecule has 88 valence electrons. The van der Waals surface area contributed by atoms with Crippen molar-refractivity contribution in [3.63, 3.8) is 0 Å². The maximum Gasteiger partial charge on any atom is 0.357 e. The zero-order valence-electron chi connectivity index (χ0n) is 9.21. The average molecular weight is 233 g/mol. The SMILES string of the molecule is Cc1cccc(OCc2nc(C(=O)O)co2)c1. The van der Waals surface area contributed by atoms with E-state index in [4.69, 9.17) is 14.3 Å². The van der Waals surface area contributed by atoms with Gasteiger partial charge < -0.3 is 14.3 Å². The predicted octanol–water partition coefficient (Wildman–Crippen LogP) is 2.26. The predicted molar refractivity (Wildman–Crippen MR) is 59.0 cm³/mol. The van der Waals surface area contributed by atoms with Gasteiger partial charge >= 0.3 is 5.97 Å². The molecule has 0 fully saturated rings. The van der Waals surface area contributed by atoms with Crippen LogP contribution in [-0.2, 0) is 6.61 Å². The van der Waals surface area contributed by atoms with Crippen LogP contribution in [-0.4, -0.2) is 16.1 Å². The van der Waals surface area contributed by atoms with Gasteiger partial charge in [0.25, 0.3) is 0 Å². The summed E-state index contributed by atoms with van der Waals surface area (Å²) >= 11 is 0. The third kappa shape index (κ3) is 2.84. The first-order valence-corrected chi connectivity index (χ1v) is 5.02. The van der Waals surface area contributed by atoms with Crippen molar-refractivity contribution in [2.75, 3.05) is 0 Å². The topological polar surface area (TPSA) is 72.6 Å². The number of aromatic carboxylic acids is 1. The maximum atomic E-state index is 10.6. The van der Waals surface area contributed by atoms with Gasteiger partial charge in [0.05, 0.1) is 0 Å². The van der Waals surface area contributed by atoms with Crippen LogP contribution in [0.1, 0.15) is 21.9 Å². The van der Waals surface area contributed by atoms with Crippen LogP contribution in [0, 0.1) is 6.92 Å². The summed E-state index contributed by atoms with van der Waals surface area (Å²) in [6, 6.07) is 7.53. The largest absolute Gasteiger partial charge is 0.484 e. The Morgan fingerprint density at radius 1 is 1.53 bits per heavy atom. The fourth-order valence-electron chi connectivity index (χ4n) is 1.33. The van der Waals surface area contributed by atoms with Crippen molar-refractivity contribution in [3.8, 4) is 5.75 Å². The standard InChI is InChI=1S/C12H11NO4/c1-8-3-2-4-9(5-8)16-7-11-13-10(6-17-11)12(14)15/h2-6H,7H2,1H3,(H,14,15). The van der Waals surface area contributed by atoms with E-state index in [0.717, 1.165) is 11.8 Å². The van der Waals surface area contributed by atoms with Gasteiger partial charge in [0, 0.05) is 0 Å². The van der Waals surface area contributed by atoms with Crippen LogP contribution in [0.5, 0.6) is 5.75 Å². The first-order valence-electron chi connectivity index (χ1n) is 5.02. The fraction of sp³-hybridized carbons (Fsp3) is 0.167. The van der Waals surface area contributed by atoms with E-state index in [1.807, 2.05) is 31.2 Å². The summed E-state index contributed by atoms with van der Waals surface area (Å²) in [7, 11) is 0. The van der Waals surface area contributed by atoms with E-state index in [-0.39, 0.29) is 18.2 Å². The Hall–Kier alpha value is -2.30. The monoisotopic (exact) mass is 233 g/mol. The third-order valence-electron chi connectivity index (χ3n) is 2.12. The lowest BCUT2D eigenvalue weighted by atomic mass is 10.2. The van der Waals surface area contributed by atoms with Crippen molar-refractivity contribution in [1.82, 2.24) is 4.98 Å². The molecule has 0 aliphatic rings. The third-order valence-corrected chi connectivity index (χ3v) is 2.12. The Kier molecular flexibility index (Phi) is 3.09. The lowest BCUT2D eigenvalue weighted by Gasteiger charge is -2.03. The normalized spacial score (nSPS) is 10.2. The zero-order chi connectivity index (χ0) is 12.3. The first kappa shape index (κ1) is 11.2. The Bertz CT molecular complexity index is 533. The molecule has 0 aliphatic carbocycles. The molecule has 0 saturated carbocycles. The summed E-state index contributed by atoms with van der Waals surface area (Å²) in [6.45, 7) is 2.07. The molecule has 0 bridgehead atoms. The summed E-state index contributed by atoms with van der Waals surface area (Å²) in [5, 5.41) is 8.66. The molecule has 0 aliphatic heterocycles. The summed E-state index contributed by atoms with van der Waals surface area (Å²) in [6.07, 6.45) is 1.09. The van der Waals surface area contributed by atoms with Gasteiger partial charge in [-0.05, 0) is 24.6 Å². The number of rotatable bonds is 4. The maximum absolute atomic E-state index is 10.6. The fourth-order valence-corrected chi connectivity index (χ4v) is 1.33. The van der Waals surface area contributed by atoms with E-state index >= 15 is 0 Å². The number of oxazole rings is 1. The van der Waals surface area contributed by atoms with Crippen LogP contribution in [0.25, 0.3) is 0 Å². The molecule has 1 aromatic carbocycles. The second kappa shape index (κ2) is 4.69. The molecule has 0 spiro atoms. The second-order valence-electron chi connectivity index (χ2n) is 3.54. The number of aryl methyl sites for hydroxylation is 1. The molecule has 2 rings (SSSR count). The van der Waals surface area contributed by atoms with Gasteiger partial charge in [0.2, 0.25) is 5.89 Å². The van der Waals surface area contributed by atoms with Crippen molar-refractivity contribution in [1.29, 1.82) is 0 Å². The highest BCUT2D eigenvalue weighted by Gasteiger charge is 2.10. The number of hydrogen-bond acceptors (Lipinski definition) is 4. The van der Waals surface area contributed by atoms with Crippen molar-refractivity contribution in [2.45, 2.75) is 13.5 Å². The molecule has 5 nitrogen and oxygen atoms in total. The number of nitrogens with zero attached hydrogens (tertiary/aromatic N) is 1. The molecule has 2 aromatic rings. The molecule has 0 saturated heterocycles. The zero-order valence-corrected chi connectivity index (χ0v) is 9.21. The quantitative estimate of drug-likeness (QED) is 0.876. The molecule has 1 heterocycles. The van der Waals surface area contributed by atoms with E-state index in [2.05, 4.69) is 4.98 Å². The van der Waals surface area contributed by atoms with Crippen molar-refractivity contribution in [3.05, 3.63) is 47.7 Å². The Morgan fingerprint density at radius 2 is 2.35 bits per heavy atom. The van der Waals surface area contributed by atoms with E-state index in [0.29, 0.717) is 5.75 Å². The lowest BCUT2D eigenvalue weighted by Crippen LogP contribution is -1.99. The summed E-state index contributed by atoms with van der Waals surface area (Å²) in [5.41, 5.74) is 0.967. The number of hydrogen-bond donors (Lipinski definition) is 1. The van der Waals surface area contributed by atoms with Gasteiger partial charge in [-0.3, -0.25) is 0 Å². The number of carboxylic acid groups (broad SMARTS) is 1. The van der Waals surface area contributed by atoms with Crippen LogP contribution < -0.4 is 4.74 Å². The van der Waals surface area contributed by atoms with E-state index < -0.39 is 5.97 Å². The lowest BCUT2D eigenvalue weighted by molar-refractivity contribution is 0.0690. The van der Waals surface area contributed by atoms with Crippen LogP contribution >= 0.6 is 0 Å². The molecule has 1 N–H and O–H groups in total. The first-order chi connectivity index (χ1) is 8.15.